The molecule has 1 aliphatic rings. The van der Waals surface area contributed by atoms with Gasteiger partial charge in [0.15, 0.2) is 17.3 Å². The van der Waals surface area contributed by atoms with E-state index in [2.05, 4.69) is 15.9 Å². The second kappa shape index (κ2) is 12.4. The molecule has 2 heterocycles. The van der Waals surface area contributed by atoms with E-state index < -0.39 is 11.4 Å². The number of amides is 1. The van der Waals surface area contributed by atoms with Gasteiger partial charge in [-0.25, -0.2) is 14.2 Å². The number of fused-ring (bicyclic) bond motifs is 1. The number of benzene rings is 3. The molecule has 1 aliphatic heterocycles. The minimum absolute atomic E-state index is 0.228. The first-order chi connectivity index (χ1) is 20.9. The van der Waals surface area contributed by atoms with Gasteiger partial charge in [-0.15, -0.1) is 0 Å². The Labute approximate surface area is 256 Å². The number of halogens is 1. The number of aromatic nitrogens is 1. The average molecular weight is 598 g/mol. The normalized spacial score (nSPS) is 13.7. The lowest BCUT2D eigenvalue weighted by Gasteiger charge is -2.37. The molecule has 5 rings (SSSR count). The quantitative estimate of drug-likeness (QED) is 0.268. The summed E-state index contributed by atoms with van der Waals surface area (Å²) in [5.41, 5.74) is 3.09. The fourth-order valence-electron chi connectivity index (χ4n) is 5.30. The van der Waals surface area contributed by atoms with Crippen LogP contribution in [0.4, 0.5) is 14.9 Å². The number of para-hydroxylation sites is 2. The third kappa shape index (κ3) is 6.53. The number of nitriles is 1. The molecule has 1 fully saturated rings. The molecule has 0 unspecified atom stereocenters. The van der Waals surface area contributed by atoms with E-state index in [1.54, 1.807) is 17.0 Å². The number of piperazine rings is 1. The Kier molecular flexibility index (Phi) is 8.61. The largest absolute Gasteiger partial charge is 0.504 e. The monoisotopic (exact) mass is 597 g/mol. The minimum atomic E-state index is -0.717. The fourth-order valence-corrected chi connectivity index (χ4v) is 5.30. The van der Waals surface area contributed by atoms with Crippen molar-refractivity contribution in [1.29, 1.82) is 5.26 Å². The summed E-state index contributed by atoms with van der Waals surface area (Å²) in [6.07, 6.45) is -0.379. The highest BCUT2D eigenvalue weighted by atomic mass is 19.1. The van der Waals surface area contributed by atoms with E-state index in [0.29, 0.717) is 60.6 Å². The smallest absolute Gasteiger partial charge is 0.410 e. The fraction of sp³-hybridized carbons (Fsp3) is 0.324. The number of phenolic OH excluding ortho intramolecular Hbond substituents is 1. The van der Waals surface area contributed by atoms with E-state index >= 15 is 0 Å². The first kappa shape index (κ1) is 30.6. The van der Waals surface area contributed by atoms with Crippen LogP contribution < -0.4 is 9.64 Å². The third-order valence-electron chi connectivity index (χ3n) is 7.17. The van der Waals surface area contributed by atoms with E-state index in [1.807, 2.05) is 65.2 Å². The van der Waals surface area contributed by atoms with Gasteiger partial charge in [-0.3, -0.25) is 0 Å². The maximum Gasteiger partial charge on any atom is 0.410 e. The van der Waals surface area contributed by atoms with E-state index in [4.69, 9.17) is 14.5 Å². The highest BCUT2D eigenvalue weighted by Gasteiger charge is 2.30. The molecule has 1 amide bonds. The predicted octanol–water partition coefficient (Wildman–Crippen LogP) is 6.53. The number of nitrogens with zero attached hydrogens (tertiary/aromatic N) is 5. The van der Waals surface area contributed by atoms with Crippen LogP contribution in [0.2, 0.25) is 0 Å². The number of rotatable bonds is 6. The van der Waals surface area contributed by atoms with Crippen LogP contribution in [0.25, 0.3) is 22.2 Å². The number of anilines is 1. The number of hydrogen-bond donors (Lipinski definition) is 1. The van der Waals surface area contributed by atoms with Crippen molar-refractivity contribution >= 4 is 22.7 Å². The van der Waals surface area contributed by atoms with Gasteiger partial charge in [0, 0.05) is 43.7 Å². The lowest BCUT2D eigenvalue weighted by molar-refractivity contribution is 0.0240. The Hall–Kier alpha value is -4.88. The Morgan fingerprint density at radius 2 is 1.77 bits per heavy atom. The van der Waals surface area contributed by atoms with Crippen LogP contribution in [0.3, 0.4) is 0 Å². The van der Waals surface area contributed by atoms with Crippen LogP contribution in [0.15, 0.2) is 60.7 Å². The van der Waals surface area contributed by atoms with Crippen molar-refractivity contribution in [3.63, 3.8) is 0 Å². The van der Waals surface area contributed by atoms with Crippen molar-refractivity contribution in [2.45, 2.75) is 32.9 Å². The maximum absolute atomic E-state index is 14.7. The minimum Gasteiger partial charge on any atom is -0.504 e. The summed E-state index contributed by atoms with van der Waals surface area (Å²) in [4.78, 5) is 23.5. The summed E-state index contributed by atoms with van der Waals surface area (Å²) in [7, 11) is 3.97. The topological polar surface area (TPSA) is 102 Å². The highest BCUT2D eigenvalue weighted by Crippen LogP contribution is 2.42. The average Bonchev–Trinajstić information content (AvgIpc) is 2.97. The molecule has 0 saturated carbocycles. The van der Waals surface area contributed by atoms with Crippen LogP contribution >= 0.6 is 0 Å². The predicted molar refractivity (Wildman–Crippen MR) is 167 cm³/mol. The lowest BCUT2D eigenvalue weighted by atomic mass is 9.98. The van der Waals surface area contributed by atoms with Crippen LogP contribution in [0.5, 0.6) is 17.2 Å². The standard InChI is InChI=1S/C34H36FN5O4/c1-34(2,3)44-33(42)40-17-15-39(16-18-40)31-24-11-7-14-28(43-32-26(35)12-8-13-27(32)41)30(24)37-29(25(31)20-36)23-10-6-9-22(19-23)21-38(4)5/h6-14,19,41H,15-18,21H2,1-5H3. The first-order valence-corrected chi connectivity index (χ1v) is 14.4. The second-order valence-corrected chi connectivity index (χ2v) is 12.0. The van der Waals surface area contributed by atoms with Crippen LogP contribution in [-0.4, -0.2) is 71.9 Å². The Morgan fingerprint density at radius 1 is 1.07 bits per heavy atom. The molecule has 44 heavy (non-hydrogen) atoms. The highest BCUT2D eigenvalue weighted by molar-refractivity contribution is 6.01. The molecule has 0 spiro atoms. The van der Waals surface area contributed by atoms with Crippen LogP contribution in [0.1, 0.15) is 31.9 Å². The van der Waals surface area contributed by atoms with Crippen LogP contribution in [0, 0.1) is 17.1 Å². The first-order valence-electron chi connectivity index (χ1n) is 14.4. The summed E-state index contributed by atoms with van der Waals surface area (Å²) in [6, 6.07) is 19.5. The van der Waals surface area contributed by atoms with Gasteiger partial charge in [0.2, 0.25) is 5.75 Å². The summed E-state index contributed by atoms with van der Waals surface area (Å²) in [5, 5.41) is 21.6. The number of carbonyl (C=O) groups is 1. The molecule has 0 aliphatic carbocycles. The van der Waals surface area contributed by atoms with E-state index in [0.717, 1.165) is 11.1 Å². The summed E-state index contributed by atoms with van der Waals surface area (Å²) >= 11 is 0. The SMILES string of the molecule is CN(C)Cc1cccc(-c2nc3c(Oc4c(O)cccc4F)cccc3c(N3CCN(C(=O)OC(C)(C)C)CC3)c2C#N)c1. The van der Waals surface area contributed by atoms with Crippen molar-refractivity contribution in [3.8, 4) is 34.6 Å². The summed E-state index contributed by atoms with van der Waals surface area (Å²) in [6.45, 7) is 7.90. The number of ether oxygens (including phenoxy) is 2. The van der Waals surface area contributed by atoms with Crippen molar-refractivity contribution in [2.24, 2.45) is 0 Å². The number of carbonyl (C=O) groups excluding carboxylic acids is 1. The second-order valence-electron chi connectivity index (χ2n) is 12.0. The Morgan fingerprint density at radius 3 is 2.43 bits per heavy atom. The van der Waals surface area contributed by atoms with Gasteiger partial charge in [-0.1, -0.05) is 36.4 Å². The number of pyridine rings is 1. The van der Waals surface area contributed by atoms with Gasteiger partial charge in [-0.2, -0.15) is 5.26 Å². The molecule has 228 valence electrons. The van der Waals surface area contributed by atoms with Gasteiger partial charge in [-0.05, 0) is 64.7 Å². The molecule has 10 heteroatoms. The van der Waals surface area contributed by atoms with Crippen molar-refractivity contribution in [3.05, 3.63) is 77.6 Å². The Bertz CT molecular complexity index is 1720. The van der Waals surface area contributed by atoms with E-state index in [1.165, 1.54) is 18.2 Å². The summed E-state index contributed by atoms with van der Waals surface area (Å²) < 4.78 is 26.3. The molecule has 3 aromatic carbocycles. The molecule has 9 nitrogen and oxygen atoms in total. The molecule has 0 radical (unpaired) electrons. The number of phenols is 1. The molecular weight excluding hydrogens is 561 g/mol. The van der Waals surface area contributed by atoms with Gasteiger partial charge < -0.3 is 29.3 Å². The molecule has 1 N–H and O–H groups in total. The zero-order valence-corrected chi connectivity index (χ0v) is 25.6. The molecule has 1 aromatic heterocycles. The van der Waals surface area contributed by atoms with Crippen LogP contribution in [-0.2, 0) is 11.3 Å². The third-order valence-corrected chi connectivity index (χ3v) is 7.17. The molecule has 0 bridgehead atoms. The van der Waals surface area contributed by atoms with Gasteiger partial charge in [0.25, 0.3) is 0 Å². The zero-order valence-electron chi connectivity index (χ0n) is 25.6. The molecular formula is C34H36FN5O4. The molecule has 0 atom stereocenters. The van der Waals surface area contributed by atoms with Gasteiger partial charge in [0.05, 0.1) is 11.4 Å². The summed E-state index contributed by atoms with van der Waals surface area (Å²) in [5.74, 6) is -1.14. The maximum atomic E-state index is 14.7. The zero-order chi connectivity index (χ0) is 31.6. The number of hydrogen-bond acceptors (Lipinski definition) is 8. The molecule has 4 aromatic rings. The number of aromatic hydroxyl groups is 1. The van der Waals surface area contributed by atoms with Gasteiger partial charge in [0.1, 0.15) is 22.8 Å². The van der Waals surface area contributed by atoms with Crippen molar-refractivity contribution < 1.29 is 23.8 Å². The van der Waals surface area contributed by atoms with Crippen molar-refractivity contribution in [1.82, 2.24) is 14.8 Å². The van der Waals surface area contributed by atoms with Crippen molar-refractivity contribution in [2.75, 3.05) is 45.2 Å². The van der Waals surface area contributed by atoms with E-state index in [9.17, 15) is 19.6 Å². The molecule has 1 saturated heterocycles. The lowest BCUT2D eigenvalue weighted by Crippen LogP contribution is -2.50. The van der Waals surface area contributed by atoms with Gasteiger partial charge >= 0.3 is 6.09 Å². The van der Waals surface area contributed by atoms with E-state index in [-0.39, 0.29) is 23.3 Å². The Balaban J connectivity index is 1.65.